The summed E-state index contributed by atoms with van der Waals surface area (Å²) in [5, 5.41) is 5.36. The van der Waals surface area contributed by atoms with E-state index in [4.69, 9.17) is 5.14 Å². The fourth-order valence-corrected chi connectivity index (χ4v) is 4.45. The first-order valence-corrected chi connectivity index (χ1v) is 10.1. The summed E-state index contributed by atoms with van der Waals surface area (Å²) in [4.78, 5) is 9.13. The van der Waals surface area contributed by atoms with Gasteiger partial charge in [-0.15, -0.1) is 0 Å². The van der Waals surface area contributed by atoms with E-state index in [1.807, 2.05) is 0 Å². The third-order valence-electron chi connectivity index (χ3n) is 4.91. The van der Waals surface area contributed by atoms with E-state index in [2.05, 4.69) is 14.8 Å². The number of nitrogens with two attached hydrogens (primary N) is 1. The minimum Gasteiger partial charge on any atom is -0.354 e. The minimum atomic E-state index is -3.75. The molecule has 1 atom stereocenters. The number of piperidine rings is 1. The van der Waals surface area contributed by atoms with Crippen LogP contribution in [0.25, 0.3) is 0 Å². The highest BCUT2D eigenvalue weighted by Gasteiger charge is 2.29. The van der Waals surface area contributed by atoms with Crippen molar-refractivity contribution in [2.75, 3.05) is 31.1 Å². The van der Waals surface area contributed by atoms with Gasteiger partial charge in [-0.2, -0.15) is 0 Å². The van der Waals surface area contributed by atoms with E-state index in [0.717, 1.165) is 32.6 Å². The van der Waals surface area contributed by atoms with Crippen molar-refractivity contribution in [1.82, 2.24) is 9.88 Å². The number of hydrogen-bond donors (Lipinski definition) is 1. The molecule has 0 bridgehead atoms. The van der Waals surface area contributed by atoms with Gasteiger partial charge in [-0.3, -0.25) is 4.90 Å². The molecule has 7 heteroatoms. The molecule has 3 heterocycles. The molecular formula is C16H26N4O2S. The third-order valence-corrected chi connectivity index (χ3v) is 5.84. The molecule has 0 saturated carbocycles. The van der Waals surface area contributed by atoms with Gasteiger partial charge in [-0.05, 0) is 50.9 Å². The normalized spacial score (nSPS) is 24.4. The number of likely N-dealkylation sites (tertiary alicyclic amines) is 1. The van der Waals surface area contributed by atoms with Crippen molar-refractivity contribution in [3.05, 3.63) is 18.3 Å². The zero-order chi connectivity index (χ0) is 16.3. The number of pyridine rings is 1. The van der Waals surface area contributed by atoms with Gasteiger partial charge in [0.25, 0.3) is 0 Å². The summed E-state index contributed by atoms with van der Waals surface area (Å²) in [6.45, 7) is 3.98. The Kier molecular flexibility index (Phi) is 5.18. The van der Waals surface area contributed by atoms with Crippen LogP contribution in [0.5, 0.6) is 0 Å². The van der Waals surface area contributed by atoms with Crippen LogP contribution in [0.1, 0.15) is 38.5 Å². The Hall–Kier alpha value is -1.18. The molecule has 2 aliphatic rings. The predicted molar refractivity (Wildman–Crippen MR) is 90.9 cm³/mol. The second-order valence-electron chi connectivity index (χ2n) is 6.56. The van der Waals surface area contributed by atoms with Crippen LogP contribution in [0, 0.1) is 0 Å². The Balaban J connectivity index is 1.79. The molecule has 1 aromatic rings. The second kappa shape index (κ2) is 7.15. The first-order valence-electron chi connectivity index (χ1n) is 8.52. The van der Waals surface area contributed by atoms with Crippen molar-refractivity contribution >= 4 is 15.8 Å². The van der Waals surface area contributed by atoms with Crippen molar-refractivity contribution in [3.8, 4) is 0 Å². The fourth-order valence-electron chi connectivity index (χ4n) is 3.75. The molecule has 128 valence electrons. The first-order chi connectivity index (χ1) is 11.1. The van der Waals surface area contributed by atoms with Gasteiger partial charge in [0.05, 0.1) is 0 Å². The van der Waals surface area contributed by atoms with Crippen LogP contribution in [-0.2, 0) is 10.0 Å². The molecule has 0 aliphatic carbocycles. The minimum absolute atomic E-state index is 0.136. The summed E-state index contributed by atoms with van der Waals surface area (Å²) in [5.74, 6) is 0.509. The molecule has 23 heavy (non-hydrogen) atoms. The maximum absolute atomic E-state index is 11.8. The Morgan fingerprint density at radius 2 is 1.83 bits per heavy atom. The lowest BCUT2D eigenvalue weighted by atomic mass is 10.0. The van der Waals surface area contributed by atoms with E-state index in [1.54, 1.807) is 18.3 Å². The number of primary sulfonamides is 1. The van der Waals surface area contributed by atoms with Crippen molar-refractivity contribution in [2.24, 2.45) is 5.14 Å². The van der Waals surface area contributed by atoms with Crippen molar-refractivity contribution in [1.29, 1.82) is 0 Å². The van der Waals surface area contributed by atoms with Gasteiger partial charge in [0.2, 0.25) is 10.0 Å². The molecule has 3 rings (SSSR count). The summed E-state index contributed by atoms with van der Waals surface area (Å²) >= 11 is 0. The standard InChI is InChI=1S/C16H26N4O2S/c17-23(21,22)15-8-5-9-18-16(15)20-12-6-7-14(13-20)19-10-3-1-2-4-11-19/h5,8-9,14H,1-4,6-7,10-13H2,(H2,17,21,22). The molecule has 2 N–H and O–H groups in total. The Labute approximate surface area is 138 Å². The summed E-state index contributed by atoms with van der Waals surface area (Å²) in [5.41, 5.74) is 0. The highest BCUT2D eigenvalue weighted by atomic mass is 32.2. The van der Waals surface area contributed by atoms with Crippen molar-refractivity contribution in [2.45, 2.75) is 49.5 Å². The van der Waals surface area contributed by atoms with Crippen LogP contribution in [0.2, 0.25) is 0 Å². The SMILES string of the molecule is NS(=O)(=O)c1cccnc1N1CCCC(N2CCCCCC2)C1. The van der Waals surface area contributed by atoms with Gasteiger partial charge >= 0.3 is 0 Å². The zero-order valence-electron chi connectivity index (χ0n) is 13.5. The van der Waals surface area contributed by atoms with Gasteiger partial charge in [0, 0.05) is 25.3 Å². The summed E-state index contributed by atoms with van der Waals surface area (Å²) < 4.78 is 23.7. The van der Waals surface area contributed by atoms with E-state index in [9.17, 15) is 8.42 Å². The van der Waals surface area contributed by atoms with Gasteiger partial charge in [0.1, 0.15) is 10.7 Å². The maximum Gasteiger partial charge on any atom is 0.241 e. The van der Waals surface area contributed by atoms with Crippen LogP contribution >= 0.6 is 0 Å². The Bertz CT molecular complexity index is 627. The van der Waals surface area contributed by atoms with E-state index in [1.165, 1.54) is 32.1 Å². The number of anilines is 1. The molecule has 2 fully saturated rings. The quantitative estimate of drug-likeness (QED) is 0.905. The van der Waals surface area contributed by atoms with Gasteiger partial charge in [-0.25, -0.2) is 18.5 Å². The molecule has 0 aromatic carbocycles. The fraction of sp³-hybridized carbons (Fsp3) is 0.688. The zero-order valence-corrected chi connectivity index (χ0v) is 14.3. The maximum atomic E-state index is 11.8. The molecule has 1 unspecified atom stereocenters. The van der Waals surface area contributed by atoms with Crippen molar-refractivity contribution in [3.63, 3.8) is 0 Å². The average molecular weight is 338 g/mol. The van der Waals surface area contributed by atoms with Gasteiger partial charge in [0.15, 0.2) is 0 Å². The molecule has 0 spiro atoms. The highest BCUT2D eigenvalue weighted by molar-refractivity contribution is 7.89. The number of sulfonamides is 1. The van der Waals surface area contributed by atoms with E-state index >= 15 is 0 Å². The lowest BCUT2D eigenvalue weighted by Gasteiger charge is -2.40. The number of nitrogens with zero attached hydrogens (tertiary/aromatic N) is 3. The van der Waals surface area contributed by atoms with Crippen LogP contribution < -0.4 is 10.0 Å². The lowest BCUT2D eigenvalue weighted by Crippen LogP contribution is -2.49. The lowest BCUT2D eigenvalue weighted by molar-refractivity contribution is 0.181. The molecule has 2 aliphatic heterocycles. The summed E-state index contributed by atoms with van der Waals surface area (Å²) in [6.07, 6.45) is 9.05. The average Bonchev–Trinajstić information content (AvgIpc) is 2.83. The number of hydrogen-bond acceptors (Lipinski definition) is 5. The molecule has 2 saturated heterocycles. The smallest absolute Gasteiger partial charge is 0.241 e. The van der Waals surface area contributed by atoms with Crippen LogP contribution in [0.15, 0.2) is 23.2 Å². The molecule has 0 radical (unpaired) electrons. The topological polar surface area (TPSA) is 79.5 Å². The highest BCUT2D eigenvalue weighted by Crippen LogP contribution is 2.27. The number of aromatic nitrogens is 1. The van der Waals surface area contributed by atoms with Crippen molar-refractivity contribution < 1.29 is 8.42 Å². The molecule has 1 aromatic heterocycles. The number of rotatable bonds is 3. The molecular weight excluding hydrogens is 312 g/mol. The summed E-state index contributed by atoms with van der Waals surface area (Å²) in [7, 11) is -3.75. The second-order valence-corrected chi connectivity index (χ2v) is 8.09. The predicted octanol–water partition coefficient (Wildman–Crippen LogP) is 1.57. The summed E-state index contributed by atoms with van der Waals surface area (Å²) in [6, 6.07) is 3.66. The molecule has 6 nitrogen and oxygen atoms in total. The third kappa shape index (κ3) is 4.02. The van der Waals surface area contributed by atoms with Gasteiger partial charge in [-0.1, -0.05) is 12.8 Å². The van der Waals surface area contributed by atoms with Crippen LogP contribution in [-0.4, -0.2) is 50.5 Å². The first kappa shape index (κ1) is 16.7. The van der Waals surface area contributed by atoms with E-state index in [0.29, 0.717) is 11.9 Å². The largest absolute Gasteiger partial charge is 0.354 e. The Morgan fingerprint density at radius 3 is 2.52 bits per heavy atom. The Morgan fingerprint density at radius 1 is 1.09 bits per heavy atom. The van der Waals surface area contributed by atoms with E-state index < -0.39 is 10.0 Å². The van der Waals surface area contributed by atoms with Crippen LogP contribution in [0.4, 0.5) is 5.82 Å². The molecule has 0 amide bonds. The van der Waals surface area contributed by atoms with E-state index in [-0.39, 0.29) is 4.90 Å². The van der Waals surface area contributed by atoms with Crippen LogP contribution in [0.3, 0.4) is 0 Å². The van der Waals surface area contributed by atoms with Gasteiger partial charge < -0.3 is 4.90 Å². The monoisotopic (exact) mass is 338 g/mol.